The van der Waals surface area contributed by atoms with Crippen molar-refractivity contribution in [2.75, 3.05) is 11.6 Å². The molecule has 3 aromatic carbocycles. The summed E-state index contributed by atoms with van der Waals surface area (Å²) in [4.78, 5) is 12.7. The van der Waals surface area contributed by atoms with Gasteiger partial charge in [-0.2, -0.15) is 0 Å². The molecule has 0 bridgehead atoms. The van der Waals surface area contributed by atoms with Gasteiger partial charge in [-0.25, -0.2) is 8.42 Å². The quantitative estimate of drug-likeness (QED) is 0.789. The number of carbonyl (C=O) groups is 1. The number of hydrogen-bond acceptors (Lipinski definition) is 3. The third kappa shape index (κ3) is 3.31. The highest BCUT2D eigenvalue weighted by molar-refractivity contribution is 7.90. The summed E-state index contributed by atoms with van der Waals surface area (Å²) in [5.74, 6) is -0.326. The van der Waals surface area contributed by atoms with Crippen LogP contribution in [0.4, 0.5) is 5.69 Å². The normalized spacial score (nSPS) is 11.4. The van der Waals surface area contributed by atoms with Gasteiger partial charge in [-0.15, -0.1) is 0 Å². The third-order valence-electron chi connectivity index (χ3n) is 3.89. The summed E-state index contributed by atoms with van der Waals surface area (Å²) < 4.78 is 23.4. The number of aryl methyl sites for hydroxylation is 1. The minimum Gasteiger partial charge on any atom is -0.322 e. The van der Waals surface area contributed by atoms with E-state index in [2.05, 4.69) is 5.32 Å². The molecule has 3 aromatic rings. The van der Waals surface area contributed by atoms with Crippen molar-refractivity contribution in [2.24, 2.45) is 0 Å². The van der Waals surface area contributed by atoms with Crippen LogP contribution in [0.2, 0.25) is 0 Å². The lowest BCUT2D eigenvalue weighted by Crippen LogP contribution is -2.14. The van der Waals surface area contributed by atoms with E-state index in [-0.39, 0.29) is 10.8 Å². The average Bonchev–Trinajstić information content (AvgIpc) is 2.54. The lowest BCUT2D eigenvalue weighted by atomic mass is 10.1. The van der Waals surface area contributed by atoms with Gasteiger partial charge in [0.05, 0.1) is 4.90 Å². The van der Waals surface area contributed by atoms with E-state index in [1.807, 2.05) is 42.5 Å². The van der Waals surface area contributed by atoms with Gasteiger partial charge < -0.3 is 5.32 Å². The first-order chi connectivity index (χ1) is 11.3. The molecule has 1 amide bonds. The van der Waals surface area contributed by atoms with Gasteiger partial charge in [0.25, 0.3) is 5.91 Å². The van der Waals surface area contributed by atoms with Gasteiger partial charge in [-0.05, 0) is 47.5 Å². The van der Waals surface area contributed by atoms with Crippen molar-refractivity contribution in [1.29, 1.82) is 0 Å². The molecule has 0 saturated heterocycles. The minimum atomic E-state index is -3.36. The van der Waals surface area contributed by atoms with Gasteiger partial charge in [0, 0.05) is 17.5 Å². The first-order valence-electron chi connectivity index (χ1n) is 7.45. The Morgan fingerprint density at radius 1 is 0.917 bits per heavy atom. The van der Waals surface area contributed by atoms with E-state index >= 15 is 0 Å². The van der Waals surface area contributed by atoms with Crippen LogP contribution in [0.5, 0.6) is 0 Å². The van der Waals surface area contributed by atoms with Gasteiger partial charge in [0.2, 0.25) is 0 Å². The van der Waals surface area contributed by atoms with Gasteiger partial charge in [-0.1, -0.05) is 36.4 Å². The SMILES string of the molecule is Cc1ccc(S(C)(=O)=O)cc1C(=O)Nc1ccc2ccccc2c1. The second kappa shape index (κ2) is 6.09. The van der Waals surface area contributed by atoms with Crippen LogP contribution < -0.4 is 5.32 Å². The predicted molar refractivity (Wildman–Crippen MR) is 96.2 cm³/mol. The molecule has 0 unspecified atom stereocenters. The number of carbonyl (C=O) groups excluding carboxylic acids is 1. The summed E-state index contributed by atoms with van der Waals surface area (Å²) >= 11 is 0. The molecule has 24 heavy (non-hydrogen) atoms. The molecule has 0 atom stereocenters. The van der Waals surface area contributed by atoms with Crippen LogP contribution in [0.25, 0.3) is 10.8 Å². The van der Waals surface area contributed by atoms with Crippen LogP contribution in [0, 0.1) is 6.92 Å². The molecule has 0 aromatic heterocycles. The molecule has 4 nitrogen and oxygen atoms in total. The topological polar surface area (TPSA) is 63.2 Å². The molecule has 0 fully saturated rings. The molecule has 5 heteroatoms. The molecule has 0 radical (unpaired) electrons. The second-order valence-corrected chi connectivity index (χ2v) is 7.78. The number of sulfone groups is 1. The highest BCUT2D eigenvalue weighted by Crippen LogP contribution is 2.21. The summed E-state index contributed by atoms with van der Waals surface area (Å²) in [7, 11) is -3.36. The number of nitrogens with one attached hydrogen (secondary N) is 1. The molecule has 0 saturated carbocycles. The Hall–Kier alpha value is -2.66. The Morgan fingerprint density at radius 3 is 2.33 bits per heavy atom. The molecule has 0 aliphatic rings. The molecule has 122 valence electrons. The zero-order valence-corrected chi connectivity index (χ0v) is 14.2. The third-order valence-corrected chi connectivity index (χ3v) is 5.00. The summed E-state index contributed by atoms with van der Waals surface area (Å²) in [6.07, 6.45) is 1.13. The number of rotatable bonds is 3. The van der Waals surface area contributed by atoms with E-state index in [1.54, 1.807) is 13.0 Å². The monoisotopic (exact) mass is 339 g/mol. The van der Waals surface area contributed by atoms with Crippen LogP contribution in [-0.4, -0.2) is 20.6 Å². The van der Waals surface area contributed by atoms with E-state index in [0.717, 1.165) is 22.6 Å². The van der Waals surface area contributed by atoms with Gasteiger partial charge >= 0.3 is 0 Å². The maximum absolute atomic E-state index is 12.5. The summed E-state index contributed by atoms with van der Waals surface area (Å²) in [6.45, 7) is 1.78. The fourth-order valence-corrected chi connectivity index (χ4v) is 3.19. The Morgan fingerprint density at radius 2 is 1.62 bits per heavy atom. The molecule has 3 rings (SSSR count). The Labute approximate surface area is 141 Å². The number of hydrogen-bond donors (Lipinski definition) is 1. The van der Waals surface area contributed by atoms with E-state index in [4.69, 9.17) is 0 Å². The second-order valence-electron chi connectivity index (χ2n) is 5.76. The molecular formula is C19H17NO3S. The van der Waals surface area contributed by atoms with Gasteiger partial charge in [-0.3, -0.25) is 4.79 Å². The Bertz CT molecular complexity index is 1040. The fraction of sp³-hybridized carbons (Fsp3) is 0.105. The first kappa shape index (κ1) is 16.2. The van der Waals surface area contributed by atoms with Crippen LogP contribution in [0.15, 0.2) is 65.6 Å². The first-order valence-corrected chi connectivity index (χ1v) is 9.34. The predicted octanol–water partition coefficient (Wildman–Crippen LogP) is 3.80. The Balaban J connectivity index is 1.94. The summed E-state index contributed by atoms with van der Waals surface area (Å²) in [6, 6.07) is 18.1. The van der Waals surface area contributed by atoms with Crippen LogP contribution in [0.1, 0.15) is 15.9 Å². The molecule has 0 heterocycles. The lowest BCUT2D eigenvalue weighted by Gasteiger charge is -2.10. The fourth-order valence-electron chi connectivity index (χ4n) is 2.54. The molecular weight excluding hydrogens is 322 g/mol. The smallest absolute Gasteiger partial charge is 0.255 e. The van der Waals surface area contributed by atoms with E-state index in [1.165, 1.54) is 12.1 Å². The summed E-state index contributed by atoms with van der Waals surface area (Å²) in [5, 5.41) is 4.95. The van der Waals surface area contributed by atoms with Crippen molar-refractivity contribution < 1.29 is 13.2 Å². The van der Waals surface area contributed by atoms with Crippen molar-refractivity contribution in [2.45, 2.75) is 11.8 Å². The van der Waals surface area contributed by atoms with Crippen molar-refractivity contribution in [3.63, 3.8) is 0 Å². The molecule has 0 aliphatic heterocycles. The highest BCUT2D eigenvalue weighted by atomic mass is 32.2. The van der Waals surface area contributed by atoms with Crippen molar-refractivity contribution in [3.8, 4) is 0 Å². The average molecular weight is 339 g/mol. The zero-order chi connectivity index (χ0) is 17.3. The van der Waals surface area contributed by atoms with Crippen LogP contribution in [-0.2, 0) is 9.84 Å². The van der Waals surface area contributed by atoms with Crippen molar-refractivity contribution in [3.05, 3.63) is 71.8 Å². The van der Waals surface area contributed by atoms with Crippen LogP contribution >= 0.6 is 0 Å². The number of amides is 1. The molecule has 0 aliphatic carbocycles. The molecule has 1 N–H and O–H groups in total. The standard InChI is InChI=1S/C19H17NO3S/c1-13-7-10-17(24(2,22)23)12-18(13)19(21)20-16-9-8-14-5-3-4-6-15(14)11-16/h3-12H,1-2H3,(H,20,21). The number of anilines is 1. The van der Waals surface area contributed by atoms with Gasteiger partial charge in [0.1, 0.15) is 0 Å². The zero-order valence-electron chi connectivity index (χ0n) is 13.4. The Kier molecular flexibility index (Phi) is 4.11. The minimum absolute atomic E-state index is 0.136. The summed E-state index contributed by atoms with van der Waals surface area (Å²) in [5.41, 5.74) is 1.75. The van der Waals surface area contributed by atoms with Crippen molar-refractivity contribution in [1.82, 2.24) is 0 Å². The number of benzene rings is 3. The molecule has 0 spiro atoms. The largest absolute Gasteiger partial charge is 0.322 e. The van der Waals surface area contributed by atoms with E-state index in [0.29, 0.717) is 11.3 Å². The van der Waals surface area contributed by atoms with Gasteiger partial charge in [0.15, 0.2) is 9.84 Å². The van der Waals surface area contributed by atoms with E-state index < -0.39 is 9.84 Å². The van der Waals surface area contributed by atoms with Crippen LogP contribution in [0.3, 0.4) is 0 Å². The lowest BCUT2D eigenvalue weighted by molar-refractivity contribution is 0.102. The maximum atomic E-state index is 12.5. The maximum Gasteiger partial charge on any atom is 0.255 e. The van der Waals surface area contributed by atoms with Crippen molar-refractivity contribution >= 4 is 32.2 Å². The number of fused-ring (bicyclic) bond motifs is 1. The van der Waals surface area contributed by atoms with E-state index in [9.17, 15) is 13.2 Å². The highest BCUT2D eigenvalue weighted by Gasteiger charge is 2.14.